The summed E-state index contributed by atoms with van der Waals surface area (Å²) in [5, 5.41) is 3.42. The minimum atomic E-state index is -1.67. The summed E-state index contributed by atoms with van der Waals surface area (Å²) in [6.07, 6.45) is 2.68. The highest BCUT2D eigenvalue weighted by Gasteiger charge is 2.20. The Kier molecular flexibility index (Phi) is 6.88. The second-order valence-corrected chi connectivity index (χ2v) is 5.77. The van der Waals surface area contributed by atoms with E-state index < -0.39 is 9.53 Å². The van der Waals surface area contributed by atoms with Crippen molar-refractivity contribution < 1.29 is 13.3 Å². The molecule has 2 rings (SSSR count). The molecule has 1 aromatic rings. The normalized spacial score (nSPS) is 14.1. The van der Waals surface area contributed by atoms with Crippen LogP contribution in [0.15, 0.2) is 30.3 Å². The summed E-state index contributed by atoms with van der Waals surface area (Å²) in [6, 6.07) is 11.1. The van der Waals surface area contributed by atoms with Crippen molar-refractivity contribution in [1.82, 2.24) is 0 Å². The van der Waals surface area contributed by atoms with Crippen LogP contribution in [0.5, 0.6) is 0 Å². The maximum Gasteiger partial charge on any atom is 0.483 e. The molecule has 0 heterocycles. The van der Waals surface area contributed by atoms with E-state index in [4.69, 9.17) is 13.3 Å². The third kappa shape index (κ3) is 6.43. The maximum absolute atomic E-state index is 4.74. The van der Waals surface area contributed by atoms with Crippen molar-refractivity contribution in [2.24, 2.45) is 0 Å². The van der Waals surface area contributed by atoms with E-state index in [1.807, 2.05) is 6.07 Å². The number of para-hydroxylation sites is 1. The Labute approximate surface area is 105 Å². The molecule has 1 saturated carbocycles. The molecule has 0 unspecified atom stereocenters. The Morgan fingerprint density at radius 3 is 1.88 bits per heavy atom. The van der Waals surface area contributed by atoms with E-state index in [1.54, 1.807) is 21.3 Å². The third-order valence-corrected chi connectivity index (χ3v) is 3.45. The Balaban J connectivity index is 0.000000185. The zero-order chi connectivity index (χ0) is 12.5. The van der Waals surface area contributed by atoms with Gasteiger partial charge in [0.1, 0.15) is 0 Å². The molecule has 0 saturated heterocycles. The van der Waals surface area contributed by atoms with Crippen LogP contribution in [-0.2, 0) is 13.3 Å². The second-order valence-electron chi connectivity index (χ2n) is 3.78. The number of benzene rings is 1. The fourth-order valence-electron chi connectivity index (χ4n) is 1.29. The molecule has 4 nitrogen and oxygen atoms in total. The number of rotatable bonds is 5. The first-order chi connectivity index (χ1) is 8.30. The van der Waals surface area contributed by atoms with Gasteiger partial charge in [0, 0.05) is 33.1 Å². The molecule has 0 bridgehead atoms. The number of hydrogen-bond acceptors (Lipinski definition) is 4. The van der Waals surface area contributed by atoms with Crippen LogP contribution in [0.2, 0.25) is 0 Å². The van der Waals surface area contributed by atoms with Gasteiger partial charge in [0.2, 0.25) is 0 Å². The first kappa shape index (κ1) is 14.2. The van der Waals surface area contributed by atoms with Crippen LogP contribution in [0.3, 0.4) is 0 Å². The molecule has 1 aromatic carbocycles. The molecule has 0 spiro atoms. The lowest BCUT2D eigenvalue weighted by Crippen LogP contribution is -2.21. The van der Waals surface area contributed by atoms with Gasteiger partial charge in [-0.2, -0.15) is 0 Å². The molecular formula is C12H21NO3Si. The van der Waals surface area contributed by atoms with Crippen molar-refractivity contribution in [3.05, 3.63) is 30.3 Å². The molecule has 0 atom stereocenters. The van der Waals surface area contributed by atoms with Crippen LogP contribution in [0.1, 0.15) is 12.8 Å². The molecule has 0 aromatic heterocycles. The van der Waals surface area contributed by atoms with E-state index in [2.05, 4.69) is 29.6 Å². The molecule has 17 heavy (non-hydrogen) atoms. The first-order valence-electron chi connectivity index (χ1n) is 5.70. The molecule has 0 radical (unpaired) electrons. The van der Waals surface area contributed by atoms with Crippen molar-refractivity contribution in [3.8, 4) is 0 Å². The lowest BCUT2D eigenvalue weighted by atomic mass is 10.3. The third-order valence-electron chi connectivity index (χ3n) is 2.30. The van der Waals surface area contributed by atoms with Crippen LogP contribution in [0, 0.1) is 0 Å². The van der Waals surface area contributed by atoms with Crippen molar-refractivity contribution in [2.45, 2.75) is 18.9 Å². The number of nitrogens with one attached hydrogen (secondary N) is 1. The summed E-state index contributed by atoms with van der Waals surface area (Å²) in [6.45, 7) is 0. The predicted octanol–water partition coefficient (Wildman–Crippen LogP) is 1.90. The fraction of sp³-hybridized carbons (Fsp3) is 0.500. The predicted molar refractivity (Wildman–Crippen MR) is 71.3 cm³/mol. The standard InChI is InChI=1S/C9H11N.C3H10O3Si/c1-2-4-8(5-3-1)10-9-6-7-9;1-4-7(5-2)6-3/h1-5,9-10H,6-7H2;7H,1-3H3. The summed E-state index contributed by atoms with van der Waals surface area (Å²) in [5.74, 6) is 0. The lowest BCUT2D eigenvalue weighted by Gasteiger charge is -2.05. The van der Waals surface area contributed by atoms with Gasteiger partial charge in [-0.05, 0) is 25.0 Å². The summed E-state index contributed by atoms with van der Waals surface area (Å²) >= 11 is 0. The average molecular weight is 255 g/mol. The van der Waals surface area contributed by atoms with E-state index in [0.29, 0.717) is 0 Å². The van der Waals surface area contributed by atoms with Crippen LogP contribution in [0.25, 0.3) is 0 Å². The molecule has 1 aliphatic carbocycles. The second kappa shape index (κ2) is 8.24. The maximum atomic E-state index is 4.74. The average Bonchev–Trinajstić information content (AvgIpc) is 3.17. The minimum Gasteiger partial charge on any atom is -0.382 e. The number of hydrogen-bond donors (Lipinski definition) is 1. The SMILES string of the molecule is CO[SiH](OC)OC.c1ccc(NC2CC2)cc1. The van der Waals surface area contributed by atoms with Crippen LogP contribution < -0.4 is 5.32 Å². The van der Waals surface area contributed by atoms with Gasteiger partial charge in [0.05, 0.1) is 0 Å². The Morgan fingerprint density at radius 2 is 1.53 bits per heavy atom. The van der Waals surface area contributed by atoms with Crippen LogP contribution in [0.4, 0.5) is 5.69 Å². The molecule has 1 fully saturated rings. The summed E-state index contributed by atoms with van der Waals surface area (Å²) < 4.78 is 14.2. The largest absolute Gasteiger partial charge is 0.483 e. The lowest BCUT2D eigenvalue weighted by molar-refractivity contribution is 0.163. The summed E-state index contributed by atoms with van der Waals surface area (Å²) in [4.78, 5) is 0. The molecule has 0 amide bonds. The van der Waals surface area contributed by atoms with Crippen LogP contribution in [-0.4, -0.2) is 36.9 Å². The van der Waals surface area contributed by atoms with Gasteiger partial charge >= 0.3 is 9.53 Å². The zero-order valence-electron chi connectivity index (χ0n) is 10.7. The van der Waals surface area contributed by atoms with Gasteiger partial charge in [-0.1, -0.05) is 18.2 Å². The van der Waals surface area contributed by atoms with E-state index in [0.717, 1.165) is 6.04 Å². The Bertz CT molecular complexity index is 284. The topological polar surface area (TPSA) is 39.7 Å². The van der Waals surface area contributed by atoms with Gasteiger partial charge < -0.3 is 18.6 Å². The molecular weight excluding hydrogens is 234 g/mol. The number of anilines is 1. The van der Waals surface area contributed by atoms with Gasteiger partial charge in [-0.3, -0.25) is 0 Å². The van der Waals surface area contributed by atoms with Gasteiger partial charge in [-0.15, -0.1) is 0 Å². The molecule has 0 aliphatic heterocycles. The van der Waals surface area contributed by atoms with Gasteiger partial charge in [-0.25, -0.2) is 0 Å². The molecule has 1 aliphatic rings. The highest BCUT2D eigenvalue weighted by atomic mass is 28.3. The van der Waals surface area contributed by atoms with Gasteiger partial charge in [0.15, 0.2) is 0 Å². The summed E-state index contributed by atoms with van der Waals surface area (Å²) in [7, 11) is 3.05. The first-order valence-corrected chi connectivity index (χ1v) is 7.11. The van der Waals surface area contributed by atoms with E-state index in [1.165, 1.54) is 18.5 Å². The van der Waals surface area contributed by atoms with Crippen molar-refractivity contribution in [1.29, 1.82) is 0 Å². The highest BCUT2D eigenvalue weighted by Crippen LogP contribution is 2.23. The van der Waals surface area contributed by atoms with Crippen molar-refractivity contribution >= 4 is 15.2 Å². The smallest absolute Gasteiger partial charge is 0.382 e. The van der Waals surface area contributed by atoms with Crippen molar-refractivity contribution in [2.75, 3.05) is 26.6 Å². The Hall–Kier alpha value is -0.883. The summed E-state index contributed by atoms with van der Waals surface area (Å²) in [5.41, 5.74) is 1.25. The molecule has 5 heteroatoms. The monoisotopic (exact) mass is 255 g/mol. The fourth-order valence-corrected chi connectivity index (χ4v) is 1.86. The minimum absolute atomic E-state index is 0.766. The van der Waals surface area contributed by atoms with E-state index in [9.17, 15) is 0 Å². The van der Waals surface area contributed by atoms with E-state index in [-0.39, 0.29) is 0 Å². The quantitative estimate of drug-likeness (QED) is 0.816. The highest BCUT2D eigenvalue weighted by molar-refractivity contribution is 6.36. The van der Waals surface area contributed by atoms with E-state index >= 15 is 0 Å². The molecule has 1 N–H and O–H groups in total. The zero-order valence-corrected chi connectivity index (χ0v) is 11.8. The van der Waals surface area contributed by atoms with Crippen molar-refractivity contribution in [3.63, 3.8) is 0 Å². The molecule has 96 valence electrons. The van der Waals surface area contributed by atoms with Crippen LogP contribution >= 0.6 is 0 Å². The van der Waals surface area contributed by atoms with Gasteiger partial charge in [0.25, 0.3) is 0 Å². The Morgan fingerprint density at radius 1 is 1.00 bits per heavy atom.